The Labute approximate surface area is 157 Å². The van der Waals surface area contributed by atoms with E-state index in [-0.39, 0.29) is 30.4 Å². The Hall–Kier alpha value is -2.80. The first-order valence-corrected chi connectivity index (χ1v) is 9.15. The predicted octanol–water partition coefficient (Wildman–Crippen LogP) is 1.07. The van der Waals surface area contributed by atoms with Crippen LogP contribution >= 0.6 is 0 Å². The monoisotopic (exact) mass is 366 g/mol. The molecule has 1 spiro atoms. The third kappa shape index (κ3) is 2.61. The number of carbonyl (C=O) groups is 2. The molecule has 2 saturated heterocycles. The van der Waals surface area contributed by atoms with Gasteiger partial charge in [0.15, 0.2) is 0 Å². The molecule has 3 heterocycles. The summed E-state index contributed by atoms with van der Waals surface area (Å²) in [5.41, 5.74) is 0.929. The number of nitrogens with zero attached hydrogens (tertiary/aromatic N) is 4. The van der Waals surface area contributed by atoms with Crippen LogP contribution in [-0.2, 0) is 4.79 Å². The zero-order valence-corrected chi connectivity index (χ0v) is 15.2. The van der Waals surface area contributed by atoms with Crippen LogP contribution in [0, 0.1) is 0 Å². The average molecular weight is 366 g/mol. The SMILES string of the molecule is CCC(=O)N1[C@H](CO)[C@@H](c2ccccc2)C12CN(C(=O)c1cnccn1)C2. The highest BCUT2D eigenvalue weighted by molar-refractivity contribution is 5.93. The standard InChI is InChI=1S/C20H22N4O3/c1-2-17(26)24-16(11-25)18(14-6-4-3-5-7-14)20(24)12-23(13-20)19(27)15-10-21-8-9-22-15/h3-10,16,18,25H,2,11-13H2,1H3/t16-,18-/m1/s1. The molecule has 2 fully saturated rings. The number of aliphatic hydroxyl groups is 1. The van der Waals surface area contributed by atoms with E-state index in [4.69, 9.17) is 0 Å². The third-order valence-electron chi connectivity index (χ3n) is 5.69. The summed E-state index contributed by atoms with van der Waals surface area (Å²) in [6, 6.07) is 9.66. The lowest BCUT2D eigenvalue weighted by molar-refractivity contribution is -0.193. The van der Waals surface area contributed by atoms with Gasteiger partial charge in [0.2, 0.25) is 5.91 Å². The van der Waals surface area contributed by atoms with Crippen LogP contribution in [0.15, 0.2) is 48.9 Å². The fourth-order valence-corrected chi connectivity index (χ4v) is 4.57. The number of likely N-dealkylation sites (tertiary alicyclic amines) is 2. The fourth-order valence-electron chi connectivity index (χ4n) is 4.57. The Balaban J connectivity index is 1.62. The van der Waals surface area contributed by atoms with E-state index in [9.17, 15) is 14.7 Å². The summed E-state index contributed by atoms with van der Waals surface area (Å²) >= 11 is 0. The van der Waals surface area contributed by atoms with Crippen LogP contribution in [0.3, 0.4) is 0 Å². The second-order valence-corrected chi connectivity index (χ2v) is 7.11. The maximum absolute atomic E-state index is 12.7. The van der Waals surface area contributed by atoms with Gasteiger partial charge in [-0.2, -0.15) is 0 Å². The van der Waals surface area contributed by atoms with Crippen LogP contribution in [0.2, 0.25) is 0 Å². The maximum atomic E-state index is 12.7. The molecule has 1 aromatic carbocycles. The number of benzene rings is 1. The van der Waals surface area contributed by atoms with E-state index in [0.717, 1.165) is 5.56 Å². The Morgan fingerprint density at radius 1 is 1.22 bits per heavy atom. The van der Waals surface area contributed by atoms with Crippen LogP contribution in [0.5, 0.6) is 0 Å². The number of aliphatic hydroxyl groups excluding tert-OH is 1. The van der Waals surface area contributed by atoms with Crippen molar-refractivity contribution >= 4 is 11.8 Å². The highest BCUT2D eigenvalue weighted by Crippen LogP contribution is 2.54. The summed E-state index contributed by atoms with van der Waals surface area (Å²) in [5, 5.41) is 9.94. The van der Waals surface area contributed by atoms with E-state index in [1.807, 2.05) is 37.3 Å². The minimum atomic E-state index is -0.459. The van der Waals surface area contributed by atoms with Gasteiger partial charge >= 0.3 is 0 Å². The van der Waals surface area contributed by atoms with Crippen molar-refractivity contribution in [2.24, 2.45) is 0 Å². The van der Waals surface area contributed by atoms with Crippen molar-refractivity contribution in [2.75, 3.05) is 19.7 Å². The number of aromatic nitrogens is 2. The highest BCUT2D eigenvalue weighted by atomic mass is 16.3. The van der Waals surface area contributed by atoms with E-state index in [0.29, 0.717) is 25.2 Å². The van der Waals surface area contributed by atoms with Crippen LogP contribution in [-0.4, -0.2) is 68.0 Å². The molecule has 0 saturated carbocycles. The van der Waals surface area contributed by atoms with E-state index in [2.05, 4.69) is 9.97 Å². The molecule has 1 N–H and O–H groups in total. The average Bonchev–Trinajstić information content (AvgIpc) is 2.67. The third-order valence-corrected chi connectivity index (χ3v) is 5.69. The van der Waals surface area contributed by atoms with Gasteiger partial charge in [0.1, 0.15) is 5.69 Å². The topological polar surface area (TPSA) is 86.6 Å². The molecule has 2 aliphatic heterocycles. The number of hydrogen-bond donors (Lipinski definition) is 1. The molecule has 0 aliphatic carbocycles. The maximum Gasteiger partial charge on any atom is 0.274 e. The van der Waals surface area contributed by atoms with Crippen molar-refractivity contribution in [2.45, 2.75) is 30.8 Å². The zero-order chi connectivity index (χ0) is 19.0. The Morgan fingerprint density at radius 2 is 1.96 bits per heavy atom. The first kappa shape index (κ1) is 17.6. The molecule has 1 aromatic heterocycles. The van der Waals surface area contributed by atoms with Gasteiger partial charge in [-0.1, -0.05) is 37.3 Å². The Morgan fingerprint density at radius 3 is 2.56 bits per heavy atom. The first-order chi connectivity index (χ1) is 13.1. The van der Waals surface area contributed by atoms with Crippen molar-refractivity contribution in [3.8, 4) is 0 Å². The van der Waals surface area contributed by atoms with Crippen molar-refractivity contribution < 1.29 is 14.7 Å². The van der Waals surface area contributed by atoms with E-state index >= 15 is 0 Å². The van der Waals surface area contributed by atoms with E-state index in [1.165, 1.54) is 18.6 Å². The normalized spacial score (nSPS) is 22.9. The Kier molecular flexibility index (Phi) is 4.39. The van der Waals surface area contributed by atoms with Gasteiger partial charge in [0.05, 0.1) is 24.4 Å². The molecule has 0 radical (unpaired) electrons. The molecule has 2 aliphatic rings. The molecule has 2 aromatic rings. The fraction of sp³-hybridized carbons (Fsp3) is 0.400. The van der Waals surface area contributed by atoms with Gasteiger partial charge in [-0.25, -0.2) is 4.98 Å². The molecule has 7 heteroatoms. The molecule has 2 atom stereocenters. The van der Waals surface area contributed by atoms with Gasteiger partial charge in [-0.3, -0.25) is 14.6 Å². The van der Waals surface area contributed by atoms with Gasteiger partial charge in [-0.15, -0.1) is 0 Å². The number of hydrogen-bond acceptors (Lipinski definition) is 5. The highest BCUT2D eigenvalue weighted by Gasteiger charge is 2.67. The second kappa shape index (κ2) is 6.74. The van der Waals surface area contributed by atoms with Crippen molar-refractivity contribution in [3.05, 3.63) is 60.2 Å². The molecule has 2 amide bonds. The van der Waals surface area contributed by atoms with E-state index in [1.54, 1.807) is 9.80 Å². The minimum absolute atomic E-state index is 0.00473. The first-order valence-electron chi connectivity index (χ1n) is 9.15. The molecule has 140 valence electrons. The molecule has 27 heavy (non-hydrogen) atoms. The lowest BCUT2D eigenvalue weighted by atomic mass is 9.60. The summed E-state index contributed by atoms with van der Waals surface area (Å²) in [5.74, 6) is -0.171. The summed E-state index contributed by atoms with van der Waals surface area (Å²) in [4.78, 5) is 36.8. The van der Waals surface area contributed by atoms with Crippen LogP contribution in [0.1, 0.15) is 35.3 Å². The van der Waals surface area contributed by atoms with Gasteiger partial charge in [0, 0.05) is 37.8 Å². The molecule has 7 nitrogen and oxygen atoms in total. The second-order valence-electron chi connectivity index (χ2n) is 7.11. The Bertz CT molecular complexity index is 837. The van der Waals surface area contributed by atoms with Gasteiger partial charge in [-0.05, 0) is 5.56 Å². The largest absolute Gasteiger partial charge is 0.394 e. The summed E-state index contributed by atoms with van der Waals surface area (Å²) < 4.78 is 0. The van der Waals surface area contributed by atoms with Crippen LogP contribution < -0.4 is 0 Å². The molecular formula is C20H22N4O3. The molecule has 0 unspecified atom stereocenters. The number of carbonyl (C=O) groups excluding carboxylic acids is 2. The van der Waals surface area contributed by atoms with Crippen molar-refractivity contribution in [1.82, 2.24) is 19.8 Å². The molecule has 0 bridgehead atoms. The number of amides is 2. The van der Waals surface area contributed by atoms with Gasteiger partial charge in [0.25, 0.3) is 5.91 Å². The smallest absolute Gasteiger partial charge is 0.274 e. The van der Waals surface area contributed by atoms with Crippen molar-refractivity contribution in [1.29, 1.82) is 0 Å². The van der Waals surface area contributed by atoms with Crippen LogP contribution in [0.25, 0.3) is 0 Å². The summed E-state index contributed by atoms with van der Waals surface area (Å²) in [7, 11) is 0. The zero-order valence-electron chi connectivity index (χ0n) is 15.2. The lowest BCUT2D eigenvalue weighted by Gasteiger charge is -2.70. The summed E-state index contributed by atoms with van der Waals surface area (Å²) in [6.45, 7) is 2.60. The molecule has 4 rings (SSSR count). The summed E-state index contributed by atoms with van der Waals surface area (Å²) in [6.07, 6.45) is 4.85. The van der Waals surface area contributed by atoms with Crippen molar-refractivity contribution in [3.63, 3.8) is 0 Å². The number of rotatable bonds is 4. The molecular weight excluding hydrogens is 344 g/mol. The van der Waals surface area contributed by atoms with Gasteiger partial charge < -0.3 is 14.9 Å². The minimum Gasteiger partial charge on any atom is -0.394 e. The quantitative estimate of drug-likeness (QED) is 0.875. The lowest BCUT2D eigenvalue weighted by Crippen LogP contribution is -2.86. The van der Waals surface area contributed by atoms with E-state index < -0.39 is 5.54 Å². The predicted molar refractivity (Wildman–Crippen MR) is 97.9 cm³/mol. The van der Waals surface area contributed by atoms with Crippen LogP contribution in [0.4, 0.5) is 0 Å².